The third kappa shape index (κ3) is 5.81. The summed E-state index contributed by atoms with van der Waals surface area (Å²) >= 11 is 3.47. The Kier molecular flexibility index (Phi) is 9.87. The number of likely N-dealkylation sites (N-methyl/N-ethyl adjacent to an activating group) is 1. The highest BCUT2D eigenvalue weighted by atomic mass is 79.9. The van der Waals surface area contributed by atoms with E-state index in [0.717, 1.165) is 10.0 Å². The summed E-state index contributed by atoms with van der Waals surface area (Å²) in [7, 11) is 3.20. The lowest BCUT2D eigenvalue weighted by molar-refractivity contribution is -0.129. The van der Waals surface area contributed by atoms with Crippen LogP contribution in [0.1, 0.15) is 31.9 Å². The van der Waals surface area contributed by atoms with Crippen molar-refractivity contribution in [2.75, 3.05) is 24.0 Å². The summed E-state index contributed by atoms with van der Waals surface area (Å²) in [6.07, 6.45) is 0. The molecule has 1 heterocycles. The molecule has 0 radical (unpaired) electrons. The Morgan fingerprint density at radius 2 is 1.92 bits per heavy atom. The first-order chi connectivity index (χ1) is 16.6. The standard InChI is InChI=1S/C25H28BrN5O4.ClH/c1-14(28-4)24(33)29-23-15(2)31(16(3)32)21-10-17(12-27)6-8-20(21)30(25(23)34)13-18-11-19(26)7-9-22(18)35-5;/h6-11,14-15,23,28H,13H2,1-5H3,(H,29,33);1H/t14-,15-,23-;/m0./s1. The molecular formula is C25H29BrClN5O4. The molecule has 1 aliphatic heterocycles. The van der Waals surface area contributed by atoms with Crippen LogP contribution in [0.25, 0.3) is 0 Å². The van der Waals surface area contributed by atoms with Gasteiger partial charge in [0.25, 0.3) is 5.91 Å². The minimum Gasteiger partial charge on any atom is -0.496 e. The molecule has 0 unspecified atom stereocenters. The first kappa shape index (κ1) is 29.1. The summed E-state index contributed by atoms with van der Waals surface area (Å²) in [5, 5.41) is 15.2. The van der Waals surface area contributed by atoms with Crippen LogP contribution in [0.2, 0.25) is 0 Å². The van der Waals surface area contributed by atoms with Crippen molar-refractivity contribution in [1.82, 2.24) is 10.6 Å². The lowest BCUT2D eigenvalue weighted by Gasteiger charge is -2.32. The predicted octanol–water partition coefficient (Wildman–Crippen LogP) is 3.13. The molecule has 2 aromatic carbocycles. The molecule has 0 fully saturated rings. The molecule has 192 valence electrons. The summed E-state index contributed by atoms with van der Waals surface area (Å²) in [6, 6.07) is 10.1. The van der Waals surface area contributed by atoms with Gasteiger partial charge in [-0.05, 0) is 57.3 Å². The average Bonchev–Trinajstić information content (AvgIpc) is 2.91. The first-order valence-corrected chi connectivity index (χ1v) is 11.9. The first-order valence-electron chi connectivity index (χ1n) is 11.1. The van der Waals surface area contributed by atoms with Crippen LogP contribution in [0.5, 0.6) is 5.75 Å². The molecule has 0 saturated carbocycles. The zero-order valence-corrected chi connectivity index (χ0v) is 23.1. The predicted molar refractivity (Wildman–Crippen MR) is 143 cm³/mol. The number of amides is 3. The van der Waals surface area contributed by atoms with E-state index in [4.69, 9.17) is 4.74 Å². The number of halogens is 2. The maximum Gasteiger partial charge on any atom is 0.252 e. The number of benzene rings is 2. The van der Waals surface area contributed by atoms with E-state index in [1.807, 2.05) is 12.1 Å². The van der Waals surface area contributed by atoms with Gasteiger partial charge in [-0.25, -0.2) is 0 Å². The van der Waals surface area contributed by atoms with Gasteiger partial charge in [0.1, 0.15) is 11.8 Å². The molecule has 36 heavy (non-hydrogen) atoms. The molecular weight excluding hydrogens is 550 g/mol. The molecule has 0 aliphatic carbocycles. The van der Waals surface area contributed by atoms with Gasteiger partial charge in [0.15, 0.2) is 0 Å². The number of carbonyl (C=O) groups excluding carboxylic acids is 3. The normalized spacial score (nSPS) is 17.8. The zero-order chi connectivity index (χ0) is 25.9. The van der Waals surface area contributed by atoms with Crippen LogP contribution in [0.15, 0.2) is 40.9 Å². The number of hydrogen-bond donors (Lipinski definition) is 2. The lowest BCUT2D eigenvalue weighted by Crippen LogP contribution is -2.59. The van der Waals surface area contributed by atoms with E-state index in [9.17, 15) is 19.6 Å². The number of hydrogen-bond acceptors (Lipinski definition) is 6. The van der Waals surface area contributed by atoms with E-state index < -0.39 is 18.1 Å². The number of ether oxygens (including phenoxy) is 1. The summed E-state index contributed by atoms with van der Waals surface area (Å²) in [4.78, 5) is 42.6. The molecule has 0 spiro atoms. The van der Waals surface area contributed by atoms with Crippen molar-refractivity contribution in [2.24, 2.45) is 0 Å². The molecule has 0 saturated heterocycles. The van der Waals surface area contributed by atoms with E-state index in [-0.39, 0.29) is 36.7 Å². The third-order valence-corrected chi connectivity index (χ3v) is 6.60. The van der Waals surface area contributed by atoms with E-state index in [2.05, 4.69) is 32.6 Å². The Balaban J connectivity index is 0.00000456. The van der Waals surface area contributed by atoms with E-state index in [1.54, 1.807) is 52.3 Å². The van der Waals surface area contributed by atoms with Crippen LogP contribution in [-0.2, 0) is 20.9 Å². The van der Waals surface area contributed by atoms with Gasteiger partial charge in [0.2, 0.25) is 11.8 Å². The maximum atomic E-state index is 14.0. The molecule has 2 N–H and O–H groups in total. The van der Waals surface area contributed by atoms with Crippen LogP contribution < -0.4 is 25.2 Å². The van der Waals surface area contributed by atoms with Gasteiger partial charge in [-0.1, -0.05) is 15.9 Å². The third-order valence-electron chi connectivity index (χ3n) is 6.11. The van der Waals surface area contributed by atoms with Gasteiger partial charge < -0.3 is 25.2 Å². The van der Waals surface area contributed by atoms with E-state index in [0.29, 0.717) is 22.7 Å². The fourth-order valence-electron chi connectivity index (χ4n) is 4.13. The molecule has 11 heteroatoms. The van der Waals surface area contributed by atoms with Gasteiger partial charge in [0, 0.05) is 17.0 Å². The van der Waals surface area contributed by atoms with Gasteiger partial charge in [-0.15, -0.1) is 12.4 Å². The van der Waals surface area contributed by atoms with Crippen LogP contribution in [0, 0.1) is 11.3 Å². The number of nitrogens with zero attached hydrogens (tertiary/aromatic N) is 3. The maximum absolute atomic E-state index is 14.0. The second-order valence-corrected chi connectivity index (χ2v) is 9.24. The highest BCUT2D eigenvalue weighted by molar-refractivity contribution is 9.10. The number of fused-ring (bicyclic) bond motifs is 1. The molecule has 3 atom stereocenters. The number of anilines is 2. The number of carbonyl (C=O) groups is 3. The number of nitrogens with one attached hydrogen (secondary N) is 2. The van der Waals surface area contributed by atoms with E-state index >= 15 is 0 Å². The SMILES string of the molecule is CN[C@@H](C)C(=O)N[C@@H]1C(=O)N(Cc2cc(Br)ccc2OC)c2ccc(C#N)cc2N(C(C)=O)[C@H]1C.Cl. The summed E-state index contributed by atoms with van der Waals surface area (Å²) in [6.45, 7) is 4.90. The van der Waals surface area contributed by atoms with Crippen molar-refractivity contribution < 1.29 is 19.1 Å². The lowest BCUT2D eigenvalue weighted by atomic mass is 10.1. The molecule has 0 aromatic heterocycles. The molecule has 3 rings (SSSR count). The van der Waals surface area contributed by atoms with Crippen LogP contribution >= 0.6 is 28.3 Å². The second kappa shape index (κ2) is 12.2. The van der Waals surface area contributed by atoms with Crippen molar-refractivity contribution in [3.8, 4) is 11.8 Å². The summed E-state index contributed by atoms with van der Waals surface area (Å²) < 4.78 is 6.31. The Labute approximate surface area is 225 Å². The van der Waals surface area contributed by atoms with Crippen molar-refractivity contribution in [3.05, 3.63) is 52.0 Å². The van der Waals surface area contributed by atoms with Gasteiger partial charge in [0.05, 0.1) is 48.7 Å². The second-order valence-electron chi connectivity index (χ2n) is 8.32. The Hall–Kier alpha value is -3.13. The Morgan fingerprint density at radius 3 is 2.50 bits per heavy atom. The average molecular weight is 579 g/mol. The van der Waals surface area contributed by atoms with Crippen LogP contribution in [0.3, 0.4) is 0 Å². The highest BCUT2D eigenvalue weighted by Crippen LogP contribution is 2.38. The Morgan fingerprint density at radius 1 is 1.22 bits per heavy atom. The fraction of sp³-hybridized carbons (Fsp3) is 0.360. The fourth-order valence-corrected chi connectivity index (χ4v) is 4.54. The quantitative estimate of drug-likeness (QED) is 0.544. The van der Waals surface area contributed by atoms with E-state index in [1.165, 1.54) is 16.7 Å². The van der Waals surface area contributed by atoms with Crippen molar-refractivity contribution >= 4 is 57.4 Å². The van der Waals surface area contributed by atoms with Crippen LogP contribution in [0.4, 0.5) is 11.4 Å². The van der Waals surface area contributed by atoms with Gasteiger partial charge in [-0.2, -0.15) is 5.26 Å². The monoisotopic (exact) mass is 577 g/mol. The number of rotatable bonds is 6. The molecule has 0 bridgehead atoms. The summed E-state index contributed by atoms with van der Waals surface area (Å²) in [5.74, 6) is -0.485. The molecule has 9 nitrogen and oxygen atoms in total. The van der Waals surface area contributed by atoms with Crippen LogP contribution in [-0.4, -0.2) is 50.0 Å². The van der Waals surface area contributed by atoms with Gasteiger partial charge >= 0.3 is 0 Å². The topological polar surface area (TPSA) is 115 Å². The largest absolute Gasteiger partial charge is 0.496 e. The van der Waals surface area contributed by atoms with Crippen molar-refractivity contribution in [1.29, 1.82) is 5.26 Å². The number of methoxy groups -OCH3 is 1. The molecule has 2 aromatic rings. The smallest absolute Gasteiger partial charge is 0.252 e. The van der Waals surface area contributed by atoms with Crippen molar-refractivity contribution in [2.45, 2.75) is 45.4 Å². The number of nitriles is 1. The van der Waals surface area contributed by atoms with Gasteiger partial charge in [-0.3, -0.25) is 14.4 Å². The molecule has 1 aliphatic rings. The highest BCUT2D eigenvalue weighted by Gasteiger charge is 2.42. The zero-order valence-electron chi connectivity index (χ0n) is 20.7. The summed E-state index contributed by atoms with van der Waals surface area (Å²) in [5.41, 5.74) is 1.95. The molecule has 3 amide bonds. The minimum atomic E-state index is -1.03. The Bertz CT molecular complexity index is 1200. The van der Waals surface area contributed by atoms with Crippen molar-refractivity contribution in [3.63, 3.8) is 0 Å². The minimum absolute atomic E-state index is 0.